The van der Waals surface area contributed by atoms with E-state index in [0.29, 0.717) is 18.9 Å². The molecule has 1 aliphatic heterocycles. The van der Waals surface area contributed by atoms with Crippen molar-refractivity contribution in [2.24, 2.45) is 5.10 Å². The molecular formula is C16H18N6O3. The zero-order valence-electron chi connectivity index (χ0n) is 13.4. The Hall–Kier alpha value is -2.78. The monoisotopic (exact) mass is 342 g/mol. The van der Waals surface area contributed by atoms with E-state index >= 15 is 0 Å². The highest BCUT2D eigenvalue weighted by atomic mass is 16.3. The zero-order chi connectivity index (χ0) is 17.2. The first-order chi connectivity index (χ1) is 12.2. The van der Waals surface area contributed by atoms with E-state index in [1.807, 2.05) is 12.1 Å². The molecule has 9 heteroatoms. The largest absolute Gasteiger partial charge is 0.448 e. The Kier molecular flexibility index (Phi) is 4.16. The summed E-state index contributed by atoms with van der Waals surface area (Å²) in [6.45, 7) is 0.695. The Balaban J connectivity index is 1.37. The number of nitrogens with zero attached hydrogens (tertiary/aromatic N) is 4. The van der Waals surface area contributed by atoms with Crippen molar-refractivity contribution in [3.05, 3.63) is 41.9 Å². The summed E-state index contributed by atoms with van der Waals surface area (Å²) in [7, 11) is 0. The number of pyridine rings is 1. The van der Waals surface area contributed by atoms with Gasteiger partial charge in [0.1, 0.15) is 6.26 Å². The van der Waals surface area contributed by atoms with Crippen molar-refractivity contribution in [2.75, 3.05) is 11.7 Å². The fourth-order valence-corrected chi connectivity index (χ4v) is 2.64. The molecule has 1 amide bonds. The molecular weight excluding hydrogens is 324 g/mol. The number of aliphatic hydroxyl groups excluding tert-OH is 1. The van der Waals surface area contributed by atoms with E-state index < -0.39 is 6.10 Å². The molecule has 0 spiro atoms. The zero-order valence-corrected chi connectivity index (χ0v) is 13.4. The number of anilines is 1. The van der Waals surface area contributed by atoms with Gasteiger partial charge in [0.15, 0.2) is 5.69 Å². The maximum atomic E-state index is 12.1. The lowest BCUT2D eigenvalue weighted by atomic mass is 9.89. The smallest absolute Gasteiger partial charge is 0.273 e. The van der Waals surface area contributed by atoms with Crippen LogP contribution in [0.15, 0.2) is 34.1 Å². The average molecular weight is 342 g/mol. The summed E-state index contributed by atoms with van der Waals surface area (Å²) in [6.07, 6.45) is 6.23. The molecule has 1 saturated carbocycles. The number of oxazole rings is 1. The molecule has 3 N–H and O–H groups in total. The third-order valence-electron chi connectivity index (χ3n) is 4.25. The van der Waals surface area contributed by atoms with Crippen LogP contribution in [0, 0.1) is 0 Å². The highest BCUT2D eigenvalue weighted by molar-refractivity contribution is 5.92. The second kappa shape index (κ2) is 6.61. The van der Waals surface area contributed by atoms with Crippen molar-refractivity contribution < 1.29 is 14.3 Å². The number of nitrogens with one attached hydrogen (secondary N) is 2. The van der Waals surface area contributed by atoms with Crippen molar-refractivity contribution in [1.82, 2.24) is 20.7 Å². The molecule has 1 aliphatic carbocycles. The van der Waals surface area contributed by atoms with Crippen molar-refractivity contribution in [1.29, 1.82) is 0 Å². The summed E-state index contributed by atoms with van der Waals surface area (Å²) in [5.74, 6) is 0.0805. The maximum absolute atomic E-state index is 12.1. The van der Waals surface area contributed by atoms with Gasteiger partial charge in [0.05, 0.1) is 37.0 Å². The summed E-state index contributed by atoms with van der Waals surface area (Å²) in [5, 5.41) is 18.1. The van der Waals surface area contributed by atoms with Gasteiger partial charge in [-0.05, 0) is 25.0 Å². The van der Waals surface area contributed by atoms with E-state index in [1.54, 1.807) is 17.5 Å². The average Bonchev–Trinajstić information content (AvgIpc) is 3.31. The van der Waals surface area contributed by atoms with Gasteiger partial charge in [-0.1, -0.05) is 0 Å². The Morgan fingerprint density at radius 3 is 3.00 bits per heavy atom. The maximum Gasteiger partial charge on any atom is 0.273 e. The van der Waals surface area contributed by atoms with Crippen LogP contribution in [0.2, 0.25) is 0 Å². The van der Waals surface area contributed by atoms with E-state index in [9.17, 15) is 9.90 Å². The Bertz CT molecular complexity index is 787. The van der Waals surface area contributed by atoms with Gasteiger partial charge >= 0.3 is 0 Å². The van der Waals surface area contributed by atoms with Crippen LogP contribution >= 0.6 is 0 Å². The van der Waals surface area contributed by atoms with Crippen molar-refractivity contribution in [3.8, 4) is 0 Å². The van der Waals surface area contributed by atoms with Crippen LogP contribution in [0.1, 0.15) is 34.9 Å². The molecule has 130 valence electrons. The third kappa shape index (κ3) is 3.37. The van der Waals surface area contributed by atoms with Gasteiger partial charge in [0.25, 0.3) is 5.91 Å². The third-order valence-corrected chi connectivity index (χ3v) is 4.25. The van der Waals surface area contributed by atoms with Crippen LogP contribution in [0.5, 0.6) is 0 Å². The van der Waals surface area contributed by atoms with E-state index in [2.05, 4.69) is 25.8 Å². The molecule has 2 aliphatic rings. The summed E-state index contributed by atoms with van der Waals surface area (Å²) in [4.78, 5) is 20.6. The predicted octanol–water partition coefficient (Wildman–Crippen LogP) is 0.224. The molecule has 3 heterocycles. The summed E-state index contributed by atoms with van der Waals surface area (Å²) in [5.41, 5.74) is 4.88. The first kappa shape index (κ1) is 15.7. The number of carbonyl (C=O) groups is 1. The van der Waals surface area contributed by atoms with Gasteiger partial charge in [-0.2, -0.15) is 10.2 Å². The van der Waals surface area contributed by atoms with Gasteiger partial charge < -0.3 is 14.8 Å². The minimum absolute atomic E-state index is 0.191. The number of hydrazine groups is 1. The molecule has 9 nitrogen and oxygen atoms in total. The van der Waals surface area contributed by atoms with Gasteiger partial charge in [-0.15, -0.1) is 0 Å². The quantitative estimate of drug-likeness (QED) is 0.712. The molecule has 0 saturated heterocycles. The second-order valence-electron chi connectivity index (χ2n) is 6.01. The van der Waals surface area contributed by atoms with Crippen LogP contribution in [0.4, 0.5) is 5.69 Å². The number of aliphatic hydroxyl groups is 1. The van der Waals surface area contributed by atoms with Crippen LogP contribution in [0.25, 0.3) is 0 Å². The van der Waals surface area contributed by atoms with Crippen molar-refractivity contribution in [3.63, 3.8) is 0 Å². The minimum Gasteiger partial charge on any atom is -0.448 e. The molecule has 2 aromatic heterocycles. The molecule has 2 aromatic rings. The van der Waals surface area contributed by atoms with E-state index in [4.69, 9.17) is 4.42 Å². The number of carbonyl (C=O) groups excluding carboxylic acids is 1. The lowest BCUT2D eigenvalue weighted by Crippen LogP contribution is -2.50. The normalized spacial score (nSPS) is 22.0. The second-order valence-corrected chi connectivity index (χ2v) is 6.01. The number of aromatic nitrogens is 2. The van der Waals surface area contributed by atoms with Crippen LogP contribution < -0.4 is 15.9 Å². The number of hydrogen-bond donors (Lipinski definition) is 3. The highest BCUT2D eigenvalue weighted by Crippen LogP contribution is 2.20. The highest BCUT2D eigenvalue weighted by Gasteiger charge is 2.31. The first-order valence-electron chi connectivity index (χ1n) is 8.13. The van der Waals surface area contributed by atoms with Gasteiger partial charge in [-0.3, -0.25) is 9.78 Å². The van der Waals surface area contributed by atoms with Gasteiger partial charge in [0.2, 0.25) is 5.89 Å². The van der Waals surface area contributed by atoms with E-state index in [0.717, 1.165) is 24.2 Å². The first-order valence-corrected chi connectivity index (χ1v) is 8.13. The van der Waals surface area contributed by atoms with E-state index in [-0.39, 0.29) is 17.6 Å². The Labute approximate surface area is 143 Å². The topological polar surface area (TPSA) is 116 Å². The number of rotatable bonds is 5. The summed E-state index contributed by atoms with van der Waals surface area (Å²) >= 11 is 0. The predicted molar refractivity (Wildman–Crippen MR) is 89.0 cm³/mol. The standard InChI is InChI=1S/C16H18N6O3/c23-14-4-3-12(14)21-16(24)13-9-25-15(20-13)7-10-1-2-11(8-17-10)22-18-5-6-19-22/h1-2,5,8-9,12,14,19,23H,3-4,6-7H2,(H,21,24). The number of hydrazone groups is 1. The molecule has 0 bridgehead atoms. The van der Waals surface area contributed by atoms with Crippen molar-refractivity contribution >= 4 is 17.8 Å². The van der Waals surface area contributed by atoms with Gasteiger partial charge in [-0.25, -0.2) is 10.4 Å². The molecule has 2 unspecified atom stereocenters. The fourth-order valence-electron chi connectivity index (χ4n) is 2.64. The SMILES string of the molecule is O=C(NC1CCC1O)c1coc(Cc2ccc(N3N=CCN3)cn2)n1. The number of hydrogen-bond acceptors (Lipinski definition) is 8. The molecule has 25 heavy (non-hydrogen) atoms. The molecule has 4 rings (SSSR count). The number of amides is 1. The fraction of sp³-hybridized carbons (Fsp3) is 0.375. The van der Waals surface area contributed by atoms with Gasteiger partial charge in [0, 0.05) is 11.9 Å². The molecule has 0 radical (unpaired) electrons. The van der Waals surface area contributed by atoms with E-state index in [1.165, 1.54) is 6.26 Å². The lowest BCUT2D eigenvalue weighted by molar-refractivity contribution is 0.0445. The summed E-state index contributed by atoms with van der Waals surface area (Å²) in [6, 6.07) is 3.57. The Morgan fingerprint density at radius 2 is 2.36 bits per heavy atom. The van der Waals surface area contributed by atoms with Crippen molar-refractivity contribution in [2.45, 2.75) is 31.4 Å². The lowest BCUT2D eigenvalue weighted by Gasteiger charge is -2.32. The van der Waals surface area contributed by atoms with Crippen LogP contribution in [-0.2, 0) is 6.42 Å². The van der Waals surface area contributed by atoms with Crippen LogP contribution in [0.3, 0.4) is 0 Å². The minimum atomic E-state index is -0.465. The molecule has 2 atom stereocenters. The molecule has 0 aromatic carbocycles. The summed E-state index contributed by atoms with van der Waals surface area (Å²) < 4.78 is 5.36. The Morgan fingerprint density at radius 1 is 1.44 bits per heavy atom. The van der Waals surface area contributed by atoms with Crippen LogP contribution in [-0.4, -0.2) is 45.9 Å². The molecule has 1 fully saturated rings.